The van der Waals surface area contributed by atoms with E-state index in [1.54, 1.807) is 7.11 Å². The van der Waals surface area contributed by atoms with Crippen LogP contribution < -0.4 is 10.6 Å². The summed E-state index contributed by atoms with van der Waals surface area (Å²) in [6, 6.07) is 3.47. The molecule has 0 aliphatic carbocycles. The Bertz CT molecular complexity index is 334. The molecule has 96 valence electrons. The summed E-state index contributed by atoms with van der Waals surface area (Å²) in [5, 5.41) is 6.18. The Balaban J connectivity index is 2.15. The van der Waals surface area contributed by atoms with Crippen molar-refractivity contribution < 1.29 is 13.5 Å². The van der Waals surface area contributed by atoms with Gasteiger partial charge in [-0.25, -0.2) is 8.78 Å². The van der Waals surface area contributed by atoms with Crippen LogP contribution in [0.3, 0.4) is 0 Å². The fraction of sp³-hybridized carbons (Fsp3) is 0.500. The van der Waals surface area contributed by atoms with Gasteiger partial charge in [0.1, 0.15) is 11.6 Å². The van der Waals surface area contributed by atoms with Crippen molar-refractivity contribution in [1.82, 2.24) is 10.6 Å². The fourth-order valence-corrected chi connectivity index (χ4v) is 1.38. The number of benzene rings is 1. The molecule has 0 aliphatic rings. The van der Waals surface area contributed by atoms with Crippen LogP contribution in [0.5, 0.6) is 0 Å². The highest BCUT2D eigenvalue weighted by Gasteiger charge is 2.02. The smallest absolute Gasteiger partial charge is 0.127 e. The molecule has 1 aromatic carbocycles. The monoisotopic (exact) mass is 244 g/mol. The lowest BCUT2D eigenvalue weighted by Crippen LogP contribution is -2.29. The molecule has 1 aromatic rings. The highest BCUT2D eigenvalue weighted by Crippen LogP contribution is 2.08. The molecule has 5 heteroatoms. The van der Waals surface area contributed by atoms with Gasteiger partial charge in [0.2, 0.25) is 0 Å². The Hall–Kier alpha value is -1.04. The maximum Gasteiger partial charge on any atom is 0.127 e. The number of hydrogen-bond acceptors (Lipinski definition) is 3. The summed E-state index contributed by atoms with van der Waals surface area (Å²) in [6.07, 6.45) is 0. The molecule has 2 N–H and O–H groups in total. The predicted octanol–water partition coefficient (Wildman–Crippen LogP) is 1.29. The van der Waals surface area contributed by atoms with Gasteiger partial charge >= 0.3 is 0 Å². The van der Waals surface area contributed by atoms with Crippen LogP contribution >= 0.6 is 0 Å². The van der Waals surface area contributed by atoms with Gasteiger partial charge in [0.15, 0.2) is 0 Å². The molecule has 0 aromatic heterocycles. The van der Waals surface area contributed by atoms with E-state index in [1.165, 1.54) is 6.07 Å². The Morgan fingerprint density at radius 1 is 1.12 bits per heavy atom. The van der Waals surface area contributed by atoms with Crippen molar-refractivity contribution in [3.63, 3.8) is 0 Å². The van der Waals surface area contributed by atoms with Crippen molar-refractivity contribution in [2.24, 2.45) is 0 Å². The zero-order chi connectivity index (χ0) is 12.5. The minimum Gasteiger partial charge on any atom is -0.383 e. The maximum atomic E-state index is 13.2. The Morgan fingerprint density at radius 3 is 2.65 bits per heavy atom. The van der Waals surface area contributed by atoms with Gasteiger partial charge in [-0.1, -0.05) is 0 Å². The van der Waals surface area contributed by atoms with Gasteiger partial charge in [0.25, 0.3) is 0 Å². The first kappa shape index (κ1) is 14.0. The van der Waals surface area contributed by atoms with E-state index in [2.05, 4.69) is 10.6 Å². The molecule has 0 aliphatic heterocycles. The lowest BCUT2D eigenvalue weighted by atomic mass is 10.2. The molecule has 17 heavy (non-hydrogen) atoms. The van der Waals surface area contributed by atoms with Crippen molar-refractivity contribution in [3.8, 4) is 0 Å². The van der Waals surface area contributed by atoms with E-state index in [0.29, 0.717) is 25.3 Å². The van der Waals surface area contributed by atoms with E-state index in [4.69, 9.17) is 4.74 Å². The average Bonchev–Trinajstić information content (AvgIpc) is 2.32. The normalized spacial score (nSPS) is 10.8. The maximum absolute atomic E-state index is 13.2. The minimum absolute atomic E-state index is 0.329. The summed E-state index contributed by atoms with van der Waals surface area (Å²) in [5.41, 5.74) is 0.349. The third kappa shape index (κ3) is 5.72. The Labute approximate surface area is 100 Å². The van der Waals surface area contributed by atoms with E-state index in [1.807, 2.05) is 0 Å². The SMILES string of the molecule is COCCNCCNCc1cc(F)ccc1F. The number of ether oxygens (including phenoxy) is 1. The van der Waals surface area contributed by atoms with Crippen LogP contribution in [0, 0.1) is 11.6 Å². The lowest BCUT2D eigenvalue weighted by Gasteiger charge is -2.07. The number of hydrogen-bond donors (Lipinski definition) is 2. The van der Waals surface area contributed by atoms with Crippen molar-refractivity contribution in [2.45, 2.75) is 6.54 Å². The molecule has 0 spiro atoms. The Morgan fingerprint density at radius 2 is 1.88 bits per heavy atom. The van der Waals surface area contributed by atoms with Crippen molar-refractivity contribution in [3.05, 3.63) is 35.4 Å². The molecule has 1 rings (SSSR count). The molecule has 0 atom stereocenters. The van der Waals surface area contributed by atoms with Gasteiger partial charge in [-0.15, -0.1) is 0 Å². The van der Waals surface area contributed by atoms with Gasteiger partial charge in [-0.05, 0) is 18.2 Å². The van der Waals surface area contributed by atoms with Crippen LogP contribution in [0.1, 0.15) is 5.56 Å². The third-order valence-electron chi connectivity index (χ3n) is 2.28. The molecule has 0 unspecified atom stereocenters. The van der Waals surface area contributed by atoms with Crippen LogP contribution in [0.25, 0.3) is 0 Å². The van der Waals surface area contributed by atoms with Crippen molar-refractivity contribution >= 4 is 0 Å². The topological polar surface area (TPSA) is 33.3 Å². The highest BCUT2D eigenvalue weighted by molar-refractivity contribution is 5.18. The molecule has 0 saturated carbocycles. The Kier molecular flexibility index (Phi) is 6.69. The lowest BCUT2D eigenvalue weighted by molar-refractivity contribution is 0.199. The molecule has 0 amide bonds. The second-order valence-corrected chi connectivity index (χ2v) is 3.66. The second-order valence-electron chi connectivity index (χ2n) is 3.66. The van der Waals surface area contributed by atoms with Gasteiger partial charge in [-0.2, -0.15) is 0 Å². The molecule has 0 saturated heterocycles. The van der Waals surface area contributed by atoms with Crippen molar-refractivity contribution in [2.75, 3.05) is 33.4 Å². The molecule has 0 bridgehead atoms. The van der Waals surface area contributed by atoms with Crippen LogP contribution in [-0.2, 0) is 11.3 Å². The molecule has 0 radical (unpaired) electrons. The fourth-order valence-electron chi connectivity index (χ4n) is 1.38. The van der Waals surface area contributed by atoms with Crippen LogP contribution in [0.15, 0.2) is 18.2 Å². The molecular formula is C12H18F2N2O. The highest BCUT2D eigenvalue weighted by atomic mass is 19.1. The molecule has 0 heterocycles. The largest absolute Gasteiger partial charge is 0.383 e. The average molecular weight is 244 g/mol. The van der Waals surface area contributed by atoms with Crippen molar-refractivity contribution in [1.29, 1.82) is 0 Å². The quantitative estimate of drug-likeness (QED) is 0.676. The molecular weight excluding hydrogens is 226 g/mol. The van der Waals surface area contributed by atoms with Gasteiger partial charge < -0.3 is 15.4 Å². The first-order valence-corrected chi connectivity index (χ1v) is 5.58. The standard InChI is InChI=1S/C12H18F2N2O/c1-17-7-6-15-4-5-16-9-10-8-11(13)2-3-12(10)14/h2-3,8,15-16H,4-7,9H2,1H3. The summed E-state index contributed by atoms with van der Waals surface area (Å²) < 4.78 is 30.9. The minimum atomic E-state index is -0.415. The zero-order valence-electron chi connectivity index (χ0n) is 9.93. The summed E-state index contributed by atoms with van der Waals surface area (Å²) in [7, 11) is 1.65. The van der Waals surface area contributed by atoms with E-state index >= 15 is 0 Å². The van der Waals surface area contributed by atoms with Gasteiger partial charge in [0.05, 0.1) is 6.61 Å². The molecule has 3 nitrogen and oxygen atoms in total. The first-order chi connectivity index (χ1) is 8.24. The number of halogens is 2. The number of nitrogens with one attached hydrogen (secondary N) is 2. The van der Waals surface area contributed by atoms with Crippen LogP contribution in [0.4, 0.5) is 8.78 Å². The van der Waals surface area contributed by atoms with E-state index < -0.39 is 5.82 Å². The summed E-state index contributed by atoms with van der Waals surface area (Å²) in [4.78, 5) is 0. The third-order valence-corrected chi connectivity index (χ3v) is 2.28. The van der Waals surface area contributed by atoms with Crippen LogP contribution in [0.2, 0.25) is 0 Å². The summed E-state index contributed by atoms with van der Waals surface area (Å²) in [6.45, 7) is 3.24. The van der Waals surface area contributed by atoms with Gasteiger partial charge in [0, 0.05) is 38.9 Å². The zero-order valence-corrected chi connectivity index (χ0v) is 9.93. The first-order valence-electron chi connectivity index (χ1n) is 5.58. The number of methoxy groups -OCH3 is 1. The predicted molar refractivity (Wildman–Crippen MR) is 62.8 cm³/mol. The second kappa shape index (κ2) is 8.11. The van der Waals surface area contributed by atoms with E-state index in [9.17, 15) is 8.78 Å². The molecule has 0 fully saturated rings. The number of rotatable bonds is 8. The van der Waals surface area contributed by atoms with Crippen LogP contribution in [-0.4, -0.2) is 33.4 Å². The summed E-state index contributed by atoms with van der Waals surface area (Å²) >= 11 is 0. The van der Waals surface area contributed by atoms with Gasteiger partial charge in [-0.3, -0.25) is 0 Å². The summed E-state index contributed by atoms with van der Waals surface area (Å²) in [5.74, 6) is -0.798. The van der Waals surface area contributed by atoms with E-state index in [0.717, 1.165) is 25.2 Å². The van der Waals surface area contributed by atoms with E-state index in [-0.39, 0.29) is 5.82 Å².